The molecule has 1 saturated heterocycles. The van der Waals surface area contributed by atoms with E-state index < -0.39 is 15.2 Å². The van der Waals surface area contributed by atoms with Crippen LogP contribution in [0.2, 0.25) is 5.15 Å². The Morgan fingerprint density at radius 1 is 1.56 bits per heavy atom. The molecule has 0 N–H and O–H groups in total. The highest BCUT2D eigenvalue weighted by Gasteiger charge is 2.33. The molecule has 1 aromatic heterocycles. The van der Waals surface area contributed by atoms with Crippen molar-refractivity contribution in [1.29, 1.82) is 0 Å². The maximum atomic E-state index is 12.1. The summed E-state index contributed by atoms with van der Waals surface area (Å²) < 4.78 is 24.2. The van der Waals surface area contributed by atoms with Gasteiger partial charge in [-0.05, 0) is 0 Å². The molecule has 1 atom stereocenters. The van der Waals surface area contributed by atoms with Crippen LogP contribution in [0.1, 0.15) is 6.92 Å². The first-order chi connectivity index (χ1) is 8.54. The van der Waals surface area contributed by atoms with Gasteiger partial charge in [0, 0.05) is 29.9 Å². The Bertz CT molecular complexity index is 524. The van der Waals surface area contributed by atoms with E-state index in [1.54, 1.807) is 24.8 Å². The van der Waals surface area contributed by atoms with Crippen LogP contribution in [0.15, 0.2) is 12.4 Å². The van der Waals surface area contributed by atoms with Crippen LogP contribution in [0, 0.1) is 0 Å². The number of nitrogens with zero attached hydrogens (tertiary/aromatic N) is 3. The average Bonchev–Trinajstić information content (AvgIpc) is 2.39. The van der Waals surface area contributed by atoms with E-state index in [1.165, 1.54) is 6.33 Å². The quantitative estimate of drug-likeness (QED) is 0.788. The van der Waals surface area contributed by atoms with Crippen molar-refractivity contribution in [2.75, 3.05) is 28.7 Å². The second-order valence-corrected chi connectivity index (χ2v) is 7.86. The Morgan fingerprint density at radius 3 is 3.00 bits per heavy atom. The number of thioether (sulfide) groups is 1. The van der Waals surface area contributed by atoms with Crippen LogP contribution in [0.3, 0.4) is 0 Å². The minimum Gasteiger partial charge on any atom is -0.338 e. The lowest BCUT2D eigenvalue weighted by molar-refractivity contribution is 0.579. The Labute approximate surface area is 116 Å². The lowest BCUT2D eigenvalue weighted by Crippen LogP contribution is -2.48. The third-order valence-electron chi connectivity index (χ3n) is 2.82. The van der Waals surface area contributed by atoms with E-state index in [9.17, 15) is 8.42 Å². The van der Waals surface area contributed by atoms with Gasteiger partial charge in [-0.25, -0.2) is 18.4 Å². The molecule has 1 aromatic rings. The fourth-order valence-electron chi connectivity index (χ4n) is 1.81. The molecule has 1 unspecified atom stereocenters. The molecule has 1 aliphatic heterocycles. The number of halogens is 1. The van der Waals surface area contributed by atoms with Crippen LogP contribution >= 0.6 is 23.4 Å². The van der Waals surface area contributed by atoms with Crippen LogP contribution in [0.5, 0.6) is 0 Å². The zero-order chi connectivity index (χ0) is 13.2. The van der Waals surface area contributed by atoms with Crippen molar-refractivity contribution in [1.82, 2.24) is 9.97 Å². The fraction of sp³-hybridized carbons (Fsp3) is 0.600. The minimum atomic E-state index is -3.13. The van der Waals surface area contributed by atoms with E-state index >= 15 is 0 Å². The minimum absolute atomic E-state index is 0.132. The predicted molar refractivity (Wildman–Crippen MR) is 75.0 cm³/mol. The highest BCUT2D eigenvalue weighted by atomic mass is 35.5. The maximum absolute atomic E-state index is 12.1. The second-order valence-electron chi connectivity index (χ2n) is 3.87. The monoisotopic (exact) mass is 307 g/mol. The highest BCUT2D eigenvalue weighted by Crippen LogP contribution is 2.26. The summed E-state index contributed by atoms with van der Waals surface area (Å²) in [5.74, 6) is 2.17. The molecular formula is C10H14ClN3O2S2. The van der Waals surface area contributed by atoms with E-state index in [0.29, 0.717) is 23.3 Å². The third kappa shape index (κ3) is 2.89. The van der Waals surface area contributed by atoms with Crippen LogP contribution < -0.4 is 4.90 Å². The Kier molecular flexibility index (Phi) is 4.34. The number of rotatable bonds is 3. The Hall–Kier alpha value is -0.530. The standard InChI is InChI=1S/C10H14ClN3O2S2/c1-2-18(15,16)10-6-17-4-3-14(10)9-5-8(11)12-7-13-9/h5,7,10H,2-4,6H2,1H3. The summed E-state index contributed by atoms with van der Waals surface area (Å²) in [5, 5.41) is -0.196. The average molecular weight is 308 g/mol. The molecule has 2 rings (SSSR count). The summed E-state index contributed by atoms with van der Waals surface area (Å²) >= 11 is 7.48. The van der Waals surface area contributed by atoms with E-state index in [2.05, 4.69) is 9.97 Å². The molecule has 0 amide bonds. The predicted octanol–water partition coefficient (Wildman–Crippen LogP) is 1.44. The van der Waals surface area contributed by atoms with Gasteiger partial charge in [0.15, 0.2) is 9.84 Å². The SMILES string of the molecule is CCS(=O)(=O)C1CSCCN1c1cc(Cl)ncn1. The molecule has 0 spiro atoms. The van der Waals surface area contributed by atoms with Crippen molar-refractivity contribution in [3.05, 3.63) is 17.5 Å². The van der Waals surface area contributed by atoms with Crippen LogP contribution in [-0.2, 0) is 9.84 Å². The summed E-state index contributed by atoms with van der Waals surface area (Å²) in [7, 11) is -3.13. The first-order valence-corrected chi connectivity index (χ1v) is 8.83. The first-order valence-electron chi connectivity index (χ1n) is 5.58. The Morgan fingerprint density at radius 2 is 2.33 bits per heavy atom. The summed E-state index contributed by atoms with van der Waals surface area (Å²) in [6, 6.07) is 1.61. The number of hydrogen-bond donors (Lipinski definition) is 0. The first kappa shape index (κ1) is 13.9. The number of anilines is 1. The summed E-state index contributed by atoms with van der Waals surface area (Å²) in [5.41, 5.74) is 0. The van der Waals surface area contributed by atoms with Crippen molar-refractivity contribution in [2.24, 2.45) is 0 Å². The zero-order valence-corrected chi connectivity index (χ0v) is 12.3. The summed E-state index contributed by atoms with van der Waals surface area (Å²) in [6.07, 6.45) is 1.36. The molecule has 0 aromatic carbocycles. The molecule has 1 aliphatic rings. The molecule has 8 heteroatoms. The van der Waals surface area contributed by atoms with E-state index in [-0.39, 0.29) is 5.75 Å². The lowest BCUT2D eigenvalue weighted by Gasteiger charge is -2.35. The highest BCUT2D eigenvalue weighted by molar-refractivity contribution is 8.01. The van der Waals surface area contributed by atoms with Gasteiger partial charge in [0.1, 0.15) is 22.7 Å². The molecule has 18 heavy (non-hydrogen) atoms. The van der Waals surface area contributed by atoms with Gasteiger partial charge in [-0.15, -0.1) is 0 Å². The van der Waals surface area contributed by atoms with Crippen molar-refractivity contribution >= 4 is 39.0 Å². The van der Waals surface area contributed by atoms with Crippen LogP contribution in [-0.4, -0.2) is 47.6 Å². The molecule has 0 bridgehead atoms. The molecule has 0 saturated carbocycles. The molecule has 2 heterocycles. The van der Waals surface area contributed by atoms with Crippen molar-refractivity contribution in [3.63, 3.8) is 0 Å². The third-order valence-corrected chi connectivity index (χ3v) is 6.31. The molecule has 1 fully saturated rings. The molecule has 5 nitrogen and oxygen atoms in total. The molecule has 100 valence electrons. The summed E-state index contributed by atoms with van der Waals surface area (Å²) in [4.78, 5) is 9.74. The largest absolute Gasteiger partial charge is 0.338 e. The molecule has 0 radical (unpaired) electrons. The van der Waals surface area contributed by atoms with E-state index in [0.717, 1.165) is 5.75 Å². The zero-order valence-electron chi connectivity index (χ0n) is 9.91. The normalized spacial score (nSPS) is 21.0. The second kappa shape index (κ2) is 5.63. The van der Waals surface area contributed by atoms with Gasteiger partial charge in [0.05, 0.1) is 0 Å². The van der Waals surface area contributed by atoms with E-state index in [4.69, 9.17) is 11.6 Å². The van der Waals surface area contributed by atoms with Gasteiger partial charge in [0.25, 0.3) is 0 Å². The number of sulfone groups is 1. The number of aromatic nitrogens is 2. The van der Waals surface area contributed by atoms with Crippen molar-refractivity contribution < 1.29 is 8.42 Å². The van der Waals surface area contributed by atoms with Crippen molar-refractivity contribution in [3.8, 4) is 0 Å². The van der Waals surface area contributed by atoms with Gasteiger partial charge in [0.2, 0.25) is 0 Å². The summed E-state index contributed by atoms with van der Waals surface area (Å²) in [6.45, 7) is 2.32. The van der Waals surface area contributed by atoms with Gasteiger partial charge in [-0.2, -0.15) is 11.8 Å². The van der Waals surface area contributed by atoms with Crippen molar-refractivity contribution in [2.45, 2.75) is 12.3 Å². The Balaban J connectivity index is 2.34. The fourth-order valence-corrected chi connectivity index (χ4v) is 4.93. The molecular weight excluding hydrogens is 294 g/mol. The maximum Gasteiger partial charge on any atom is 0.171 e. The van der Waals surface area contributed by atoms with Crippen LogP contribution in [0.25, 0.3) is 0 Å². The topological polar surface area (TPSA) is 63.2 Å². The van der Waals surface area contributed by atoms with Gasteiger partial charge in [-0.3, -0.25) is 0 Å². The lowest BCUT2D eigenvalue weighted by atomic mass is 10.4. The van der Waals surface area contributed by atoms with Gasteiger partial charge < -0.3 is 4.90 Å². The number of hydrogen-bond acceptors (Lipinski definition) is 6. The van der Waals surface area contributed by atoms with Gasteiger partial charge >= 0.3 is 0 Å². The van der Waals surface area contributed by atoms with Gasteiger partial charge in [-0.1, -0.05) is 18.5 Å². The smallest absolute Gasteiger partial charge is 0.171 e. The van der Waals surface area contributed by atoms with Crippen LogP contribution in [0.4, 0.5) is 5.82 Å². The van der Waals surface area contributed by atoms with E-state index in [1.807, 2.05) is 4.90 Å². The molecule has 0 aliphatic carbocycles.